The lowest BCUT2D eigenvalue weighted by atomic mass is 10.1. The molecular formula is C22H23N3O5. The number of rotatable bonds is 6. The van der Waals surface area contributed by atoms with Crippen molar-refractivity contribution in [3.8, 4) is 11.5 Å². The maximum absolute atomic E-state index is 12.6. The average molecular weight is 409 g/mol. The summed E-state index contributed by atoms with van der Waals surface area (Å²) >= 11 is 0. The normalized spacial score (nSPS) is 14.9. The van der Waals surface area contributed by atoms with Gasteiger partial charge < -0.3 is 14.8 Å². The number of nitrogens with one attached hydrogen (secondary N) is 2. The lowest BCUT2D eigenvalue weighted by Crippen LogP contribution is -2.31. The summed E-state index contributed by atoms with van der Waals surface area (Å²) < 4.78 is 12.6. The highest BCUT2D eigenvalue weighted by molar-refractivity contribution is 5.92. The fourth-order valence-electron chi connectivity index (χ4n) is 3.64. The molecule has 1 aromatic heterocycles. The van der Waals surface area contributed by atoms with E-state index in [1.54, 1.807) is 30.3 Å². The Kier molecular flexibility index (Phi) is 5.31. The molecular weight excluding hydrogens is 386 g/mol. The number of carbonyl (C=O) groups excluding carboxylic acids is 1. The van der Waals surface area contributed by atoms with E-state index >= 15 is 0 Å². The van der Waals surface area contributed by atoms with Gasteiger partial charge in [-0.05, 0) is 32.0 Å². The number of aromatic amines is 1. The van der Waals surface area contributed by atoms with E-state index in [9.17, 15) is 14.4 Å². The van der Waals surface area contributed by atoms with Crippen LogP contribution in [0, 0.1) is 0 Å². The molecule has 1 aliphatic rings. The van der Waals surface area contributed by atoms with Crippen molar-refractivity contribution in [2.45, 2.75) is 39.3 Å². The number of carbonyl (C=O) groups is 1. The van der Waals surface area contributed by atoms with Crippen LogP contribution in [0.2, 0.25) is 0 Å². The molecule has 0 radical (unpaired) electrons. The molecule has 8 heteroatoms. The minimum absolute atomic E-state index is 0.00803. The minimum atomic E-state index is -0.367. The number of amides is 1. The van der Waals surface area contributed by atoms with Crippen LogP contribution < -0.4 is 25.9 Å². The maximum Gasteiger partial charge on any atom is 0.273 e. The molecule has 1 amide bonds. The van der Waals surface area contributed by atoms with Crippen LogP contribution in [0.15, 0.2) is 46.0 Å². The maximum atomic E-state index is 12.6. The van der Waals surface area contributed by atoms with Crippen LogP contribution >= 0.6 is 0 Å². The number of H-pyrrole nitrogens is 1. The summed E-state index contributed by atoms with van der Waals surface area (Å²) in [6.45, 7) is 4.38. The van der Waals surface area contributed by atoms with Gasteiger partial charge in [0.25, 0.3) is 11.1 Å². The van der Waals surface area contributed by atoms with Gasteiger partial charge in [0.1, 0.15) is 17.6 Å². The topological polar surface area (TPSA) is 102 Å². The molecule has 0 aliphatic carbocycles. The fraction of sp³-hybridized carbons (Fsp3) is 0.318. The largest absolute Gasteiger partial charge is 0.492 e. The van der Waals surface area contributed by atoms with E-state index in [4.69, 9.17) is 9.47 Å². The Bertz CT molecular complexity index is 1230. The SMILES string of the molecule is CCOc1cc2c(cc1NC(=O)CCn1[nH]c(=O)c3ccccc3c1=O)OC(C)C2. The van der Waals surface area contributed by atoms with Gasteiger partial charge in [-0.25, -0.2) is 4.68 Å². The first-order valence-electron chi connectivity index (χ1n) is 9.94. The molecule has 2 heterocycles. The molecule has 0 bridgehead atoms. The van der Waals surface area contributed by atoms with Gasteiger partial charge in [-0.15, -0.1) is 0 Å². The Morgan fingerprint density at radius 1 is 1.27 bits per heavy atom. The van der Waals surface area contributed by atoms with Gasteiger partial charge in [0.2, 0.25) is 5.91 Å². The van der Waals surface area contributed by atoms with E-state index in [-0.39, 0.29) is 36.1 Å². The van der Waals surface area contributed by atoms with E-state index in [1.165, 1.54) is 4.68 Å². The van der Waals surface area contributed by atoms with Gasteiger partial charge in [0.05, 0.1) is 29.6 Å². The van der Waals surface area contributed by atoms with Crippen molar-refractivity contribution in [2.24, 2.45) is 0 Å². The molecule has 1 aliphatic heterocycles. The summed E-state index contributed by atoms with van der Waals surface area (Å²) in [5.74, 6) is 1.01. The van der Waals surface area contributed by atoms with E-state index < -0.39 is 0 Å². The molecule has 0 saturated carbocycles. The van der Waals surface area contributed by atoms with Gasteiger partial charge in [0, 0.05) is 24.5 Å². The molecule has 30 heavy (non-hydrogen) atoms. The number of fused-ring (bicyclic) bond motifs is 2. The highest BCUT2D eigenvalue weighted by Crippen LogP contribution is 2.38. The monoisotopic (exact) mass is 409 g/mol. The number of ether oxygens (including phenoxy) is 2. The molecule has 0 fully saturated rings. The first-order chi connectivity index (χ1) is 14.5. The second kappa shape index (κ2) is 8.06. The summed E-state index contributed by atoms with van der Waals surface area (Å²) in [5, 5.41) is 6.02. The summed E-state index contributed by atoms with van der Waals surface area (Å²) in [5.41, 5.74) is 0.861. The van der Waals surface area contributed by atoms with Crippen molar-refractivity contribution < 1.29 is 14.3 Å². The van der Waals surface area contributed by atoms with Crippen LogP contribution in [-0.2, 0) is 17.8 Å². The third-order valence-corrected chi connectivity index (χ3v) is 5.02. The number of nitrogens with zero attached hydrogens (tertiary/aromatic N) is 1. The summed E-state index contributed by atoms with van der Waals surface area (Å²) in [7, 11) is 0. The number of hydrogen-bond acceptors (Lipinski definition) is 5. The van der Waals surface area contributed by atoms with Crippen molar-refractivity contribution in [1.29, 1.82) is 0 Å². The molecule has 0 saturated heterocycles. The summed E-state index contributed by atoms with van der Waals surface area (Å²) in [6.07, 6.45) is 0.882. The Balaban J connectivity index is 1.52. The number of aromatic nitrogens is 2. The molecule has 3 aromatic rings. The number of benzene rings is 2. The van der Waals surface area contributed by atoms with Crippen LogP contribution in [0.4, 0.5) is 5.69 Å². The lowest BCUT2D eigenvalue weighted by molar-refractivity contribution is -0.116. The highest BCUT2D eigenvalue weighted by atomic mass is 16.5. The van der Waals surface area contributed by atoms with Gasteiger partial charge >= 0.3 is 0 Å². The second-order valence-electron chi connectivity index (χ2n) is 7.26. The van der Waals surface area contributed by atoms with Gasteiger partial charge in [0.15, 0.2) is 0 Å². The molecule has 156 valence electrons. The third kappa shape index (κ3) is 3.80. The van der Waals surface area contributed by atoms with Crippen molar-refractivity contribution in [3.63, 3.8) is 0 Å². The zero-order valence-corrected chi connectivity index (χ0v) is 16.9. The zero-order valence-electron chi connectivity index (χ0n) is 16.9. The predicted octanol–water partition coefficient (Wildman–Crippen LogP) is 2.44. The zero-order chi connectivity index (χ0) is 21.3. The molecule has 2 N–H and O–H groups in total. The average Bonchev–Trinajstić information content (AvgIpc) is 3.09. The number of hydrogen-bond donors (Lipinski definition) is 2. The summed E-state index contributed by atoms with van der Waals surface area (Å²) in [4.78, 5) is 37.3. The Hall–Kier alpha value is -3.55. The lowest BCUT2D eigenvalue weighted by Gasteiger charge is -2.14. The molecule has 0 spiro atoms. The van der Waals surface area contributed by atoms with Crippen molar-refractivity contribution in [2.75, 3.05) is 11.9 Å². The molecule has 1 unspecified atom stereocenters. The van der Waals surface area contributed by atoms with Crippen molar-refractivity contribution >= 4 is 22.4 Å². The van der Waals surface area contributed by atoms with E-state index in [2.05, 4.69) is 10.4 Å². The van der Waals surface area contributed by atoms with Crippen LogP contribution in [0.25, 0.3) is 10.8 Å². The molecule has 4 rings (SSSR count). The third-order valence-electron chi connectivity index (χ3n) is 5.02. The Morgan fingerprint density at radius 2 is 2.03 bits per heavy atom. The summed E-state index contributed by atoms with van der Waals surface area (Å²) in [6, 6.07) is 10.3. The Labute approximate surface area is 172 Å². The van der Waals surface area contributed by atoms with Crippen LogP contribution in [0.3, 0.4) is 0 Å². The quantitative estimate of drug-likeness (QED) is 0.651. The smallest absolute Gasteiger partial charge is 0.273 e. The number of aryl methyl sites for hydroxylation is 1. The van der Waals surface area contributed by atoms with Crippen LogP contribution in [0.5, 0.6) is 11.5 Å². The van der Waals surface area contributed by atoms with Crippen LogP contribution in [-0.4, -0.2) is 28.4 Å². The predicted molar refractivity (Wildman–Crippen MR) is 113 cm³/mol. The second-order valence-corrected chi connectivity index (χ2v) is 7.26. The van der Waals surface area contributed by atoms with Gasteiger partial charge in [-0.1, -0.05) is 12.1 Å². The van der Waals surface area contributed by atoms with E-state index in [1.807, 2.05) is 19.9 Å². The van der Waals surface area contributed by atoms with Crippen LogP contribution in [0.1, 0.15) is 25.8 Å². The number of anilines is 1. The van der Waals surface area contributed by atoms with E-state index in [0.717, 1.165) is 17.7 Å². The van der Waals surface area contributed by atoms with Crippen molar-refractivity contribution in [3.05, 3.63) is 62.7 Å². The first-order valence-corrected chi connectivity index (χ1v) is 9.94. The highest BCUT2D eigenvalue weighted by Gasteiger charge is 2.22. The van der Waals surface area contributed by atoms with E-state index in [0.29, 0.717) is 28.8 Å². The first kappa shape index (κ1) is 19.8. The minimum Gasteiger partial charge on any atom is -0.492 e. The fourth-order valence-corrected chi connectivity index (χ4v) is 3.64. The molecule has 1 atom stereocenters. The van der Waals surface area contributed by atoms with Gasteiger partial charge in [-0.2, -0.15) is 0 Å². The van der Waals surface area contributed by atoms with Gasteiger partial charge in [-0.3, -0.25) is 19.5 Å². The van der Waals surface area contributed by atoms with Crippen molar-refractivity contribution in [1.82, 2.24) is 9.78 Å². The molecule has 2 aromatic carbocycles. The standard InChI is InChI=1S/C22H23N3O5/c1-3-29-19-11-14-10-13(2)30-18(14)12-17(19)23-20(26)8-9-25-22(28)16-7-5-4-6-15(16)21(27)24-25/h4-7,11-13H,3,8-10H2,1-2H3,(H,23,26)(H,24,27). The molecule has 8 nitrogen and oxygen atoms in total. The Morgan fingerprint density at radius 3 is 2.80 bits per heavy atom.